The van der Waals surface area contributed by atoms with Crippen molar-refractivity contribution in [1.82, 2.24) is 0 Å². The molecule has 0 bridgehead atoms. The standard InChI is InChI=1S/C7H3F3IN3/c8-7(9,10)5-3-4(13-14-12)1-2-6(5)11/h1-3H. The molecule has 0 saturated heterocycles. The van der Waals surface area contributed by atoms with Crippen molar-refractivity contribution in [2.75, 3.05) is 0 Å². The molecule has 0 radical (unpaired) electrons. The minimum Gasteiger partial charge on any atom is -0.166 e. The second kappa shape index (κ2) is 4.05. The average Bonchev–Trinajstić information content (AvgIpc) is 2.07. The van der Waals surface area contributed by atoms with Crippen LogP contribution in [-0.4, -0.2) is 0 Å². The highest BCUT2D eigenvalue weighted by Crippen LogP contribution is 2.34. The van der Waals surface area contributed by atoms with E-state index in [4.69, 9.17) is 5.53 Å². The first-order valence-corrected chi connectivity index (χ1v) is 4.45. The summed E-state index contributed by atoms with van der Waals surface area (Å²) in [7, 11) is 0. The van der Waals surface area contributed by atoms with Crippen LogP contribution in [0.4, 0.5) is 18.9 Å². The minimum absolute atomic E-state index is 0.0414. The molecular weight excluding hydrogens is 310 g/mol. The smallest absolute Gasteiger partial charge is 0.166 e. The Morgan fingerprint density at radius 1 is 1.36 bits per heavy atom. The van der Waals surface area contributed by atoms with Crippen molar-refractivity contribution in [2.45, 2.75) is 6.18 Å². The number of hydrogen-bond donors (Lipinski definition) is 0. The Labute approximate surface area is 90.7 Å². The minimum atomic E-state index is -4.42. The zero-order valence-corrected chi connectivity index (χ0v) is 8.74. The molecule has 0 unspecified atom stereocenters. The third-order valence-electron chi connectivity index (χ3n) is 1.42. The largest absolute Gasteiger partial charge is 0.417 e. The van der Waals surface area contributed by atoms with Gasteiger partial charge in [0.05, 0.1) is 5.56 Å². The van der Waals surface area contributed by atoms with E-state index < -0.39 is 11.7 Å². The van der Waals surface area contributed by atoms with Crippen molar-refractivity contribution in [3.8, 4) is 0 Å². The van der Waals surface area contributed by atoms with E-state index in [1.807, 2.05) is 0 Å². The van der Waals surface area contributed by atoms with Crippen molar-refractivity contribution >= 4 is 28.3 Å². The summed E-state index contributed by atoms with van der Waals surface area (Å²) in [6.45, 7) is 0. The van der Waals surface area contributed by atoms with E-state index in [0.29, 0.717) is 0 Å². The van der Waals surface area contributed by atoms with Crippen molar-refractivity contribution in [3.63, 3.8) is 0 Å². The highest BCUT2D eigenvalue weighted by molar-refractivity contribution is 14.1. The molecule has 0 aliphatic carbocycles. The maximum atomic E-state index is 12.3. The zero-order valence-electron chi connectivity index (χ0n) is 6.59. The van der Waals surface area contributed by atoms with Crippen molar-refractivity contribution in [2.24, 2.45) is 5.11 Å². The first kappa shape index (κ1) is 11.1. The van der Waals surface area contributed by atoms with Gasteiger partial charge in [-0.05, 0) is 40.3 Å². The van der Waals surface area contributed by atoms with Gasteiger partial charge in [0, 0.05) is 14.2 Å². The molecule has 0 fully saturated rings. The molecule has 0 saturated carbocycles. The van der Waals surface area contributed by atoms with E-state index in [-0.39, 0.29) is 9.26 Å². The Kier molecular flexibility index (Phi) is 3.22. The Balaban J connectivity index is 3.28. The molecule has 0 aliphatic heterocycles. The Bertz CT molecular complexity index is 396. The van der Waals surface area contributed by atoms with Crippen LogP contribution in [0.15, 0.2) is 23.3 Å². The molecular formula is C7H3F3IN3. The fourth-order valence-corrected chi connectivity index (χ4v) is 1.49. The van der Waals surface area contributed by atoms with Crippen LogP contribution in [0.3, 0.4) is 0 Å². The van der Waals surface area contributed by atoms with Gasteiger partial charge in [0.1, 0.15) is 0 Å². The molecule has 0 amide bonds. The first-order valence-electron chi connectivity index (χ1n) is 3.37. The predicted molar refractivity (Wildman–Crippen MR) is 53.0 cm³/mol. The maximum Gasteiger partial charge on any atom is 0.417 e. The SMILES string of the molecule is [N-]=[N+]=Nc1ccc(I)c(C(F)(F)F)c1. The van der Waals surface area contributed by atoms with Crippen LogP contribution in [-0.2, 0) is 6.18 Å². The maximum absolute atomic E-state index is 12.3. The van der Waals surface area contributed by atoms with Gasteiger partial charge >= 0.3 is 6.18 Å². The summed E-state index contributed by atoms with van der Waals surface area (Å²) >= 11 is 1.58. The van der Waals surface area contributed by atoms with Gasteiger partial charge in [0.25, 0.3) is 0 Å². The topological polar surface area (TPSA) is 48.8 Å². The van der Waals surface area contributed by atoms with Crippen LogP contribution in [0, 0.1) is 3.57 Å². The molecule has 0 heterocycles. The Morgan fingerprint density at radius 2 is 2.00 bits per heavy atom. The van der Waals surface area contributed by atoms with E-state index in [1.165, 1.54) is 12.1 Å². The lowest BCUT2D eigenvalue weighted by molar-refractivity contribution is -0.138. The van der Waals surface area contributed by atoms with E-state index in [1.54, 1.807) is 22.6 Å². The van der Waals surface area contributed by atoms with Crippen molar-refractivity contribution < 1.29 is 13.2 Å². The molecule has 1 aromatic carbocycles. The van der Waals surface area contributed by atoms with E-state index >= 15 is 0 Å². The number of halogens is 4. The van der Waals surface area contributed by atoms with Gasteiger partial charge in [-0.15, -0.1) is 0 Å². The highest BCUT2D eigenvalue weighted by atomic mass is 127. The summed E-state index contributed by atoms with van der Waals surface area (Å²) in [5.41, 5.74) is 7.23. The molecule has 0 N–H and O–H groups in total. The average molecular weight is 313 g/mol. The van der Waals surface area contributed by atoms with Crippen LogP contribution in [0.5, 0.6) is 0 Å². The summed E-state index contributed by atoms with van der Waals surface area (Å²) in [4.78, 5) is 2.41. The normalized spacial score (nSPS) is 10.9. The van der Waals surface area contributed by atoms with Crippen molar-refractivity contribution in [1.29, 1.82) is 0 Å². The molecule has 7 heteroatoms. The van der Waals surface area contributed by atoms with Crippen molar-refractivity contribution in [3.05, 3.63) is 37.8 Å². The second-order valence-corrected chi connectivity index (χ2v) is 3.51. The van der Waals surface area contributed by atoms with Gasteiger partial charge in [-0.3, -0.25) is 0 Å². The lowest BCUT2D eigenvalue weighted by atomic mass is 10.2. The Hall–Kier alpha value is -0.950. The van der Waals surface area contributed by atoms with Gasteiger partial charge in [-0.25, -0.2) is 0 Å². The Morgan fingerprint density at radius 3 is 2.50 bits per heavy atom. The van der Waals surface area contributed by atoms with E-state index in [0.717, 1.165) is 6.07 Å². The number of hydrogen-bond acceptors (Lipinski definition) is 1. The highest BCUT2D eigenvalue weighted by Gasteiger charge is 2.32. The van der Waals surface area contributed by atoms with Crippen LogP contribution in [0.1, 0.15) is 5.56 Å². The lowest BCUT2D eigenvalue weighted by Gasteiger charge is -2.08. The summed E-state index contributed by atoms with van der Waals surface area (Å²) < 4.78 is 37.1. The molecule has 0 spiro atoms. The number of rotatable bonds is 1. The third kappa shape index (κ3) is 2.52. The quantitative estimate of drug-likeness (QED) is 0.322. The number of benzene rings is 1. The number of alkyl halides is 3. The monoisotopic (exact) mass is 313 g/mol. The van der Waals surface area contributed by atoms with E-state index in [9.17, 15) is 13.2 Å². The molecule has 14 heavy (non-hydrogen) atoms. The molecule has 74 valence electrons. The van der Waals surface area contributed by atoms with Gasteiger partial charge < -0.3 is 0 Å². The van der Waals surface area contributed by atoms with Gasteiger partial charge in [0.15, 0.2) is 0 Å². The van der Waals surface area contributed by atoms with Crippen LogP contribution >= 0.6 is 22.6 Å². The van der Waals surface area contributed by atoms with Gasteiger partial charge in [-0.1, -0.05) is 11.2 Å². The molecule has 1 aromatic rings. The van der Waals surface area contributed by atoms with Gasteiger partial charge in [-0.2, -0.15) is 13.2 Å². The summed E-state index contributed by atoms with van der Waals surface area (Å²) in [6.07, 6.45) is -4.42. The summed E-state index contributed by atoms with van der Waals surface area (Å²) in [5.74, 6) is 0. The number of nitrogens with zero attached hydrogens (tertiary/aromatic N) is 3. The molecule has 0 aromatic heterocycles. The molecule has 0 aliphatic rings. The fourth-order valence-electron chi connectivity index (χ4n) is 0.844. The van der Waals surface area contributed by atoms with Crippen LogP contribution < -0.4 is 0 Å². The first-order chi connectivity index (χ1) is 6.45. The zero-order chi connectivity index (χ0) is 10.8. The lowest BCUT2D eigenvalue weighted by Crippen LogP contribution is -2.06. The second-order valence-electron chi connectivity index (χ2n) is 2.35. The fraction of sp³-hybridized carbons (Fsp3) is 0.143. The van der Waals surface area contributed by atoms with E-state index in [2.05, 4.69) is 10.0 Å². The molecule has 0 atom stereocenters. The van der Waals surface area contributed by atoms with Crippen LogP contribution in [0.2, 0.25) is 0 Å². The summed E-state index contributed by atoms with van der Waals surface area (Å²) in [5, 5.41) is 3.10. The predicted octanol–water partition coefficient (Wildman–Crippen LogP) is 4.25. The summed E-state index contributed by atoms with van der Waals surface area (Å²) in [6, 6.07) is 3.41. The molecule has 3 nitrogen and oxygen atoms in total. The third-order valence-corrected chi connectivity index (χ3v) is 2.36. The number of azide groups is 1. The van der Waals surface area contributed by atoms with Crippen LogP contribution in [0.25, 0.3) is 10.4 Å². The van der Waals surface area contributed by atoms with Gasteiger partial charge in [0.2, 0.25) is 0 Å². The molecule has 1 rings (SSSR count).